The predicted molar refractivity (Wildman–Crippen MR) is 74.8 cm³/mol. The molecule has 2 N–H and O–H groups in total. The molecule has 1 amide bonds. The molecule has 6 nitrogen and oxygen atoms in total. The first-order valence-corrected chi connectivity index (χ1v) is 7.00. The van der Waals surface area contributed by atoms with Crippen molar-refractivity contribution in [2.45, 2.75) is 39.8 Å². The SMILES string of the molecule is CCC(CC)(CNC(=O)c1cc(C)nc(C(F)(F)F)n1)C(=O)O. The van der Waals surface area contributed by atoms with Gasteiger partial charge in [0.05, 0.1) is 5.41 Å². The Morgan fingerprint density at radius 3 is 2.22 bits per heavy atom. The van der Waals surface area contributed by atoms with Crippen LogP contribution in [0.1, 0.15) is 48.7 Å². The Labute approximate surface area is 131 Å². The summed E-state index contributed by atoms with van der Waals surface area (Å²) in [6.45, 7) is 4.45. The maximum absolute atomic E-state index is 12.7. The Hall–Kier alpha value is -2.19. The molecule has 0 saturated carbocycles. The summed E-state index contributed by atoms with van der Waals surface area (Å²) in [5.74, 6) is -3.34. The van der Waals surface area contributed by atoms with Crippen LogP contribution in [0, 0.1) is 12.3 Å². The number of halogens is 3. The van der Waals surface area contributed by atoms with E-state index in [-0.39, 0.29) is 25.1 Å². The van der Waals surface area contributed by atoms with Crippen LogP contribution in [0.2, 0.25) is 0 Å². The lowest BCUT2D eigenvalue weighted by molar-refractivity contribution is -0.149. The van der Waals surface area contributed by atoms with E-state index in [1.807, 2.05) is 0 Å². The van der Waals surface area contributed by atoms with E-state index in [2.05, 4.69) is 15.3 Å². The Morgan fingerprint density at radius 2 is 1.78 bits per heavy atom. The molecule has 0 aliphatic carbocycles. The van der Waals surface area contributed by atoms with E-state index < -0.39 is 35.0 Å². The van der Waals surface area contributed by atoms with Crippen molar-refractivity contribution in [1.29, 1.82) is 0 Å². The van der Waals surface area contributed by atoms with E-state index in [9.17, 15) is 27.9 Å². The minimum Gasteiger partial charge on any atom is -0.481 e. The average molecular weight is 333 g/mol. The third-order valence-electron chi connectivity index (χ3n) is 3.73. The fourth-order valence-corrected chi connectivity index (χ4v) is 2.03. The molecule has 0 aromatic carbocycles. The number of carboxylic acids is 1. The maximum Gasteiger partial charge on any atom is 0.451 e. The zero-order valence-corrected chi connectivity index (χ0v) is 13.0. The van der Waals surface area contributed by atoms with E-state index >= 15 is 0 Å². The first kappa shape index (κ1) is 18.9. The second kappa shape index (κ2) is 6.93. The standard InChI is InChI=1S/C14H18F3N3O3/c1-4-13(5-2,12(22)23)7-18-10(21)9-6-8(3)19-11(20-9)14(15,16)17/h6H,4-5,7H2,1-3H3,(H,18,21)(H,22,23). The average Bonchev–Trinajstić information content (AvgIpc) is 2.46. The Kier molecular flexibility index (Phi) is 5.68. The van der Waals surface area contributed by atoms with Crippen molar-refractivity contribution in [3.05, 3.63) is 23.3 Å². The van der Waals surface area contributed by atoms with Gasteiger partial charge < -0.3 is 10.4 Å². The fraction of sp³-hybridized carbons (Fsp3) is 0.571. The molecule has 0 bridgehead atoms. The molecular formula is C14H18F3N3O3. The molecule has 0 radical (unpaired) electrons. The summed E-state index contributed by atoms with van der Waals surface area (Å²) >= 11 is 0. The first-order chi connectivity index (χ1) is 10.6. The van der Waals surface area contributed by atoms with Crippen LogP contribution in [0.25, 0.3) is 0 Å². The maximum atomic E-state index is 12.7. The lowest BCUT2D eigenvalue weighted by Crippen LogP contribution is -2.42. The minimum absolute atomic E-state index is 0.00652. The van der Waals surface area contributed by atoms with Gasteiger partial charge in [-0.2, -0.15) is 13.2 Å². The number of nitrogens with one attached hydrogen (secondary N) is 1. The predicted octanol–water partition coefficient (Wildman–Crippen LogP) is 2.42. The van der Waals surface area contributed by atoms with Gasteiger partial charge in [-0.25, -0.2) is 9.97 Å². The number of nitrogens with zero attached hydrogens (tertiary/aromatic N) is 2. The Morgan fingerprint density at radius 1 is 1.22 bits per heavy atom. The normalized spacial score (nSPS) is 12.1. The molecule has 23 heavy (non-hydrogen) atoms. The van der Waals surface area contributed by atoms with E-state index in [1.165, 1.54) is 6.92 Å². The monoisotopic (exact) mass is 333 g/mol. The number of rotatable bonds is 6. The highest BCUT2D eigenvalue weighted by molar-refractivity contribution is 5.92. The summed E-state index contributed by atoms with van der Waals surface area (Å²) in [5, 5.41) is 11.6. The van der Waals surface area contributed by atoms with Crippen LogP contribution in [0.4, 0.5) is 13.2 Å². The number of aryl methyl sites for hydroxylation is 1. The van der Waals surface area contributed by atoms with Crippen molar-refractivity contribution >= 4 is 11.9 Å². The highest BCUT2D eigenvalue weighted by Gasteiger charge is 2.37. The lowest BCUT2D eigenvalue weighted by atomic mass is 9.82. The zero-order chi connectivity index (χ0) is 17.8. The van der Waals surface area contributed by atoms with Gasteiger partial charge >= 0.3 is 12.1 Å². The number of aromatic nitrogens is 2. The summed E-state index contributed by atoms with van der Waals surface area (Å²) < 4.78 is 38.0. The van der Waals surface area contributed by atoms with Gasteiger partial charge in [0.2, 0.25) is 5.82 Å². The van der Waals surface area contributed by atoms with Crippen molar-refractivity contribution < 1.29 is 27.9 Å². The van der Waals surface area contributed by atoms with Gasteiger partial charge in [-0.3, -0.25) is 9.59 Å². The van der Waals surface area contributed by atoms with Gasteiger partial charge in [-0.15, -0.1) is 0 Å². The van der Waals surface area contributed by atoms with Gasteiger partial charge in [0.15, 0.2) is 0 Å². The molecule has 0 aliphatic rings. The van der Waals surface area contributed by atoms with Crippen LogP contribution in [0.15, 0.2) is 6.07 Å². The summed E-state index contributed by atoms with van der Waals surface area (Å²) in [4.78, 5) is 29.8. The van der Waals surface area contributed by atoms with Gasteiger partial charge in [0.1, 0.15) is 5.69 Å². The molecule has 0 fully saturated rings. The largest absolute Gasteiger partial charge is 0.481 e. The van der Waals surface area contributed by atoms with Crippen LogP contribution in [-0.4, -0.2) is 33.5 Å². The third-order valence-corrected chi connectivity index (χ3v) is 3.73. The van der Waals surface area contributed by atoms with Crippen LogP contribution >= 0.6 is 0 Å². The number of aliphatic carboxylic acids is 1. The second-order valence-electron chi connectivity index (χ2n) is 5.19. The summed E-state index contributed by atoms with van der Waals surface area (Å²) in [5.41, 5.74) is -1.62. The number of carbonyl (C=O) groups is 2. The third kappa shape index (κ3) is 4.40. The van der Waals surface area contributed by atoms with E-state index in [0.29, 0.717) is 0 Å². The molecule has 0 spiro atoms. The van der Waals surface area contributed by atoms with Gasteiger partial charge in [-0.05, 0) is 25.8 Å². The minimum atomic E-state index is -4.77. The Balaban J connectivity index is 2.99. The number of alkyl halides is 3. The van der Waals surface area contributed by atoms with Crippen molar-refractivity contribution in [2.75, 3.05) is 6.54 Å². The van der Waals surface area contributed by atoms with Crippen LogP contribution in [0.5, 0.6) is 0 Å². The number of carboxylic acid groups (broad SMARTS) is 1. The number of carbonyl (C=O) groups excluding carboxylic acids is 1. The summed E-state index contributed by atoms with van der Waals surface area (Å²) in [6.07, 6.45) is -4.22. The van der Waals surface area contributed by atoms with Gasteiger partial charge in [0.25, 0.3) is 5.91 Å². The van der Waals surface area contributed by atoms with Crippen molar-refractivity contribution in [1.82, 2.24) is 15.3 Å². The highest BCUT2D eigenvalue weighted by Crippen LogP contribution is 2.27. The second-order valence-corrected chi connectivity index (χ2v) is 5.19. The van der Waals surface area contributed by atoms with E-state index in [4.69, 9.17) is 0 Å². The van der Waals surface area contributed by atoms with E-state index in [1.54, 1.807) is 13.8 Å². The van der Waals surface area contributed by atoms with Crippen LogP contribution < -0.4 is 5.32 Å². The molecule has 128 valence electrons. The van der Waals surface area contributed by atoms with Crippen LogP contribution in [-0.2, 0) is 11.0 Å². The first-order valence-electron chi connectivity index (χ1n) is 7.00. The highest BCUT2D eigenvalue weighted by atomic mass is 19.4. The lowest BCUT2D eigenvalue weighted by Gasteiger charge is -2.26. The van der Waals surface area contributed by atoms with Gasteiger partial charge in [0, 0.05) is 12.2 Å². The number of hydrogen-bond donors (Lipinski definition) is 2. The smallest absolute Gasteiger partial charge is 0.451 e. The Bertz CT molecular complexity index is 599. The molecule has 1 aromatic heterocycles. The van der Waals surface area contributed by atoms with Crippen LogP contribution in [0.3, 0.4) is 0 Å². The number of amides is 1. The summed E-state index contributed by atoms with van der Waals surface area (Å²) in [6, 6.07) is 1.12. The molecule has 0 aliphatic heterocycles. The summed E-state index contributed by atoms with van der Waals surface area (Å²) in [7, 11) is 0. The molecule has 0 saturated heterocycles. The molecule has 0 unspecified atom stereocenters. The molecular weight excluding hydrogens is 315 g/mol. The van der Waals surface area contributed by atoms with Crippen molar-refractivity contribution in [3.8, 4) is 0 Å². The quantitative estimate of drug-likeness (QED) is 0.834. The molecule has 0 atom stereocenters. The molecule has 1 heterocycles. The van der Waals surface area contributed by atoms with Crippen molar-refractivity contribution in [2.24, 2.45) is 5.41 Å². The van der Waals surface area contributed by atoms with Gasteiger partial charge in [-0.1, -0.05) is 13.8 Å². The van der Waals surface area contributed by atoms with Crippen molar-refractivity contribution in [3.63, 3.8) is 0 Å². The zero-order valence-electron chi connectivity index (χ0n) is 13.0. The molecule has 1 aromatic rings. The number of hydrogen-bond acceptors (Lipinski definition) is 4. The topological polar surface area (TPSA) is 92.2 Å². The molecule has 1 rings (SSSR count). The fourth-order valence-electron chi connectivity index (χ4n) is 2.03. The molecule has 9 heteroatoms. The van der Waals surface area contributed by atoms with E-state index in [0.717, 1.165) is 6.07 Å².